The van der Waals surface area contributed by atoms with Gasteiger partial charge in [0.05, 0.1) is 11.8 Å². The number of hydrogen-bond donors (Lipinski definition) is 1. The van der Waals surface area contributed by atoms with Gasteiger partial charge in [-0.1, -0.05) is 15.9 Å². The highest BCUT2D eigenvalue weighted by Crippen LogP contribution is 2.41. The maximum atomic E-state index is 11.4. The lowest BCUT2D eigenvalue weighted by molar-refractivity contribution is -0.119. The number of fused-ring (bicyclic) bond motifs is 1. The van der Waals surface area contributed by atoms with Crippen LogP contribution in [0.2, 0.25) is 0 Å². The molecule has 1 saturated heterocycles. The largest absolute Gasteiger partial charge is 0.488 e. The molecular weight excluding hydrogens is 346 g/mol. The molecule has 1 N–H and O–H groups in total. The summed E-state index contributed by atoms with van der Waals surface area (Å²) in [4.78, 5) is 15.9. The molecule has 0 bridgehead atoms. The van der Waals surface area contributed by atoms with Crippen molar-refractivity contribution in [3.63, 3.8) is 0 Å². The Balaban J connectivity index is 1.67. The van der Waals surface area contributed by atoms with E-state index in [-0.39, 0.29) is 17.9 Å². The second-order valence-corrected chi connectivity index (χ2v) is 7.16. The maximum absolute atomic E-state index is 11.4. The molecule has 2 aromatic rings. The Kier molecular flexibility index (Phi) is 3.36. The average Bonchev–Trinajstić information content (AvgIpc) is 3.08. The zero-order valence-electron chi connectivity index (χ0n) is 12.4. The molecule has 1 aromatic carbocycles. The SMILES string of the molecule is CC(Oc1cc(Br)cc2ncn(C3CC3)c12)C1CNC(=O)C1. The second-order valence-electron chi connectivity index (χ2n) is 6.25. The van der Waals surface area contributed by atoms with E-state index in [0.717, 1.165) is 21.3 Å². The fourth-order valence-electron chi connectivity index (χ4n) is 3.08. The number of nitrogens with one attached hydrogen (secondary N) is 1. The quantitative estimate of drug-likeness (QED) is 0.907. The summed E-state index contributed by atoms with van der Waals surface area (Å²) in [6, 6.07) is 4.58. The van der Waals surface area contributed by atoms with Gasteiger partial charge < -0.3 is 14.6 Å². The third-order valence-electron chi connectivity index (χ3n) is 4.53. The topological polar surface area (TPSA) is 56.1 Å². The minimum absolute atomic E-state index is 0.0148. The van der Waals surface area contributed by atoms with Gasteiger partial charge in [-0.2, -0.15) is 0 Å². The van der Waals surface area contributed by atoms with Gasteiger partial charge >= 0.3 is 0 Å². The van der Waals surface area contributed by atoms with Gasteiger partial charge in [0, 0.05) is 29.4 Å². The van der Waals surface area contributed by atoms with Gasteiger partial charge in [-0.05, 0) is 31.9 Å². The predicted molar refractivity (Wildman–Crippen MR) is 86.9 cm³/mol. The van der Waals surface area contributed by atoms with E-state index in [2.05, 4.69) is 30.8 Å². The van der Waals surface area contributed by atoms with Gasteiger partial charge in [-0.3, -0.25) is 4.79 Å². The number of carbonyl (C=O) groups excluding carboxylic acids is 1. The van der Waals surface area contributed by atoms with Crippen molar-refractivity contribution in [1.29, 1.82) is 0 Å². The van der Waals surface area contributed by atoms with Gasteiger partial charge in [0.25, 0.3) is 0 Å². The molecule has 1 aliphatic heterocycles. The molecular formula is C16H18BrN3O2. The van der Waals surface area contributed by atoms with E-state index >= 15 is 0 Å². The Labute approximate surface area is 137 Å². The van der Waals surface area contributed by atoms with Gasteiger partial charge in [0.1, 0.15) is 17.4 Å². The lowest BCUT2D eigenvalue weighted by atomic mass is 10.0. The highest BCUT2D eigenvalue weighted by Gasteiger charge is 2.30. The van der Waals surface area contributed by atoms with Crippen LogP contribution in [0.3, 0.4) is 0 Å². The highest BCUT2D eigenvalue weighted by atomic mass is 79.9. The normalized spacial score (nSPS) is 22.8. The first-order valence-electron chi connectivity index (χ1n) is 7.71. The van der Waals surface area contributed by atoms with Crippen LogP contribution in [0.1, 0.15) is 32.2 Å². The lowest BCUT2D eigenvalue weighted by Crippen LogP contribution is -2.25. The summed E-state index contributed by atoms with van der Waals surface area (Å²) < 4.78 is 9.42. The summed E-state index contributed by atoms with van der Waals surface area (Å²) >= 11 is 3.53. The fourth-order valence-corrected chi connectivity index (χ4v) is 3.50. The van der Waals surface area contributed by atoms with Gasteiger partial charge in [0.15, 0.2) is 0 Å². The van der Waals surface area contributed by atoms with Gasteiger partial charge in [0.2, 0.25) is 5.91 Å². The molecule has 116 valence electrons. The summed E-state index contributed by atoms with van der Waals surface area (Å²) in [6.07, 6.45) is 4.85. The predicted octanol–water partition coefficient (Wildman–Crippen LogP) is 3.04. The first-order chi connectivity index (χ1) is 10.6. The molecule has 2 unspecified atom stereocenters. The van der Waals surface area contributed by atoms with E-state index < -0.39 is 0 Å². The third kappa shape index (κ3) is 2.49. The number of halogens is 1. The minimum Gasteiger partial charge on any atom is -0.488 e. The molecule has 22 heavy (non-hydrogen) atoms. The Morgan fingerprint density at radius 2 is 2.27 bits per heavy atom. The van der Waals surface area contributed by atoms with Crippen molar-refractivity contribution >= 4 is 32.9 Å². The van der Waals surface area contributed by atoms with E-state index in [9.17, 15) is 4.79 Å². The monoisotopic (exact) mass is 363 g/mol. The van der Waals surface area contributed by atoms with Crippen LogP contribution in [0.25, 0.3) is 11.0 Å². The number of amides is 1. The zero-order chi connectivity index (χ0) is 15.3. The van der Waals surface area contributed by atoms with Crippen LogP contribution >= 0.6 is 15.9 Å². The molecule has 6 heteroatoms. The molecule has 1 aliphatic carbocycles. The molecule has 0 radical (unpaired) electrons. The molecule has 2 fully saturated rings. The first-order valence-corrected chi connectivity index (χ1v) is 8.50. The second kappa shape index (κ2) is 5.26. The molecule has 5 nitrogen and oxygen atoms in total. The first kappa shape index (κ1) is 14.1. The number of imidazole rings is 1. The summed E-state index contributed by atoms with van der Waals surface area (Å²) in [5.41, 5.74) is 2.01. The Bertz CT molecular complexity index is 738. The summed E-state index contributed by atoms with van der Waals surface area (Å²) in [7, 11) is 0. The molecule has 2 aliphatic rings. The highest BCUT2D eigenvalue weighted by molar-refractivity contribution is 9.10. The van der Waals surface area contributed by atoms with Crippen LogP contribution in [0.4, 0.5) is 0 Å². The fraction of sp³-hybridized carbons (Fsp3) is 0.500. The number of benzene rings is 1. The summed E-state index contributed by atoms with van der Waals surface area (Å²) in [5.74, 6) is 1.18. The minimum atomic E-state index is -0.0148. The molecule has 1 amide bonds. The van der Waals surface area contributed by atoms with Crippen molar-refractivity contribution in [3.8, 4) is 5.75 Å². The number of hydrogen-bond acceptors (Lipinski definition) is 3. The molecule has 0 spiro atoms. The van der Waals surface area contributed by atoms with Crippen molar-refractivity contribution in [2.75, 3.05) is 6.54 Å². The molecule has 1 aromatic heterocycles. The average molecular weight is 364 g/mol. The molecule has 1 saturated carbocycles. The van der Waals surface area contributed by atoms with Crippen LogP contribution in [-0.2, 0) is 4.79 Å². The number of carbonyl (C=O) groups is 1. The Morgan fingerprint density at radius 3 is 2.95 bits per heavy atom. The molecule has 2 heterocycles. The van der Waals surface area contributed by atoms with Crippen LogP contribution in [-0.4, -0.2) is 28.1 Å². The van der Waals surface area contributed by atoms with Crippen LogP contribution in [0.5, 0.6) is 5.75 Å². The van der Waals surface area contributed by atoms with Crippen LogP contribution in [0.15, 0.2) is 22.9 Å². The maximum Gasteiger partial charge on any atom is 0.220 e. The van der Waals surface area contributed by atoms with Gasteiger partial charge in [-0.15, -0.1) is 0 Å². The number of nitrogens with zero attached hydrogens (tertiary/aromatic N) is 2. The van der Waals surface area contributed by atoms with E-state index in [0.29, 0.717) is 19.0 Å². The number of aromatic nitrogens is 2. The van der Waals surface area contributed by atoms with Crippen molar-refractivity contribution in [2.45, 2.75) is 38.3 Å². The van der Waals surface area contributed by atoms with E-state index in [4.69, 9.17) is 4.74 Å². The van der Waals surface area contributed by atoms with Crippen LogP contribution in [0, 0.1) is 5.92 Å². The van der Waals surface area contributed by atoms with Crippen molar-refractivity contribution in [2.24, 2.45) is 5.92 Å². The Hall–Kier alpha value is -1.56. The molecule has 2 atom stereocenters. The van der Waals surface area contributed by atoms with E-state index in [1.807, 2.05) is 25.4 Å². The van der Waals surface area contributed by atoms with Crippen LogP contribution < -0.4 is 10.1 Å². The van der Waals surface area contributed by atoms with Crippen molar-refractivity contribution in [1.82, 2.24) is 14.9 Å². The standard InChI is InChI=1S/C16H18BrN3O2/c1-9(10-4-15(21)18-7-10)22-14-6-11(17)5-13-16(14)20(8-19-13)12-2-3-12/h5-6,8-10,12H,2-4,7H2,1H3,(H,18,21). The van der Waals surface area contributed by atoms with Crippen molar-refractivity contribution < 1.29 is 9.53 Å². The number of ether oxygens (including phenoxy) is 1. The number of rotatable bonds is 4. The molecule has 4 rings (SSSR count). The lowest BCUT2D eigenvalue weighted by Gasteiger charge is -2.21. The van der Waals surface area contributed by atoms with Crippen molar-refractivity contribution in [3.05, 3.63) is 22.9 Å². The Morgan fingerprint density at radius 1 is 1.45 bits per heavy atom. The smallest absolute Gasteiger partial charge is 0.220 e. The van der Waals surface area contributed by atoms with Gasteiger partial charge in [-0.25, -0.2) is 4.98 Å². The van der Waals surface area contributed by atoms with E-state index in [1.165, 1.54) is 12.8 Å². The van der Waals surface area contributed by atoms with E-state index in [1.54, 1.807) is 0 Å². The third-order valence-corrected chi connectivity index (χ3v) is 4.98. The summed E-state index contributed by atoms with van der Waals surface area (Å²) in [6.45, 7) is 2.73. The zero-order valence-corrected chi connectivity index (χ0v) is 14.0. The summed E-state index contributed by atoms with van der Waals surface area (Å²) in [5, 5.41) is 2.87.